The maximum absolute atomic E-state index is 14.0. The molecule has 4 aromatic rings. The number of nitrogen functional groups attached to an aromatic ring is 1. The highest BCUT2D eigenvalue weighted by molar-refractivity contribution is 6.42. The monoisotopic (exact) mass is 535 g/mol. The first-order valence-electron chi connectivity index (χ1n) is 10.4. The second-order valence-corrected chi connectivity index (χ2v) is 8.38. The van der Waals surface area contributed by atoms with E-state index in [1.165, 1.54) is 37.4 Å². The molecule has 0 unspecified atom stereocenters. The summed E-state index contributed by atoms with van der Waals surface area (Å²) in [6, 6.07) is 15.3. The largest absolute Gasteiger partial charge is 0.507 e. The SMILES string of the molecule is COc1ccccc1-c1c(-c2ccc(OCc3ccc(Cl)c(Cl)c3)cc2O)nc(N)nc1C(F)(F)F. The summed E-state index contributed by atoms with van der Waals surface area (Å²) < 4.78 is 53.1. The predicted molar refractivity (Wildman–Crippen MR) is 131 cm³/mol. The van der Waals surface area contributed by atoms with Crippen molar-refractivity contribution in [3.8, 4) is 39.6 Å². The Morgan fingerprint density at radius 2 is 1.69 bits per heavy atom. The molecule has 6 nitrogen and oxygen atoms in total. The van der Waals surface area contributed by atoms with Crippen molar-refractivity contribution >= 4 is 29.2 Å². The molecule has 0 spiro atoms. The number of phenols is 1. The van der Waals surface area contributed by atoms with Crippen LogP contribution in [-0.2, 0) is 12.8 Å². The molecule has 0 aliphatic carbocycles. The van der Waals surface area contributed by atoms with Gasteiger partial charge in [-0.15, -0.1) is 0 Å². The summed E-state index contributed by atoms with van der Waals surface area (Å²) in [6.07, 6.45) is -4.86. The van der Waals surface area contributed by atoms with E-state index in [1.807, 2.05) is 0 Å². The van der Waals surface area contributed by atoms with Crippen molar-refractivity contribution in [3.63, 3.8) is 0 Å². The molecule has 0 saturated carbocycles. The Morgan fingerprint density at radius 1 is 0.944 bits per heavy atom. The normalized spacial score (nSPS) is 11.4. The molecule has 0 bridgehead atoms. The highest BCUT2D eigenvalue weighted by atomic mass is 35.5. The molecule has 3 aromatic carbocycles. The number of phenolic OH excluding ortho intramolecular Hbond substituents is 1. The Kier molecular flexibility index (Phi) is 7.14. The number of nitrogens with zero attached hydrogens (tertiary/aromatic N) is 2. The number of alkyl halides is 3. The molecule has 4 rings (SSSR count). The summed E-state index contributed by atoms with van der Waals surface area (Å²) in [6.45, 7) is 0.112. The van der Waals surface area contributed by atoms with Crippen LogP contribution in [0, 0.1) is 0 Å². The van der Waals surface area contributed by atoms with Crippen LogP contribution in [-0.4, -0.2) is 22.2 Å². The number of nitrogens with two attached hydrogens (primary N) is 1. The van der Waals surface area contributed by atoms with Crippen LogP contribution in [0.2, 0.25) is 10.0 Å². The highest BCUT2D eigenvalue weighted by Gasteiger charge is 2.39. The van der Waals surface area contributed by atoms with E-state index in [-0.39, 0.29) is 46.2 Å². The summed E-state index contributed by atoms with van der Waals surface area (Å²) in [7, 11) is 1.33. The minimum atomic E-state index is -4.86. The number of halogens is 5. The first-order valence-corrected chi connectivity index (χ1v) is 11.1. The molecule has 0 radical (unpaired) electrons. The number of benzene rings is 3. The van der Waals surface area contributed by atoms with E-state index in [1.54, 1.807) is 30.3 Å². The molecule has 3 N–H and O–H groups in total. The lowest BCUT2D eigenvalue weighted by molar-refractivity contribution is -0.140. The number of aromatic hydroxyl groups is 1. The van der Waals surface area contributed by atoms with Crippen molar-refractivity contribution in [1.82, 2.24) is 9.97 Å². The maximum atomic E-state index is 14.0. The van der Waals surface area contributed by atoms with Crippen LogP contribution in [0.15, 0.2) is 60.7 Å². The number of methoxy groups -OCH3 is 1. The number of hydrogen-bond acceptors (Lipinski definition) is 6. The van der Waals surface area contributed by atoms with Crippen molar-refractivity contribution < 1.29 is 27.8 Å². The molecule has 186 valence electrons. The number of rotatable bonds is 6. The lowest BCUT2D eigenvalue weighted by atomic mass is 9.96. The van der Waals surface area contributed by atoms with Gasteiger partial charge in [-0.3, -0.25) is 0 Å². The van der Waals surface area contributed by atoms with E-state index >= 15 is 0 Å². The van der Waals surface area contributed by atoms with Crippen molar-refractivity contribution in [1.29, 1.82) is 0 Å². The average molecular weight is 536 g/mol. The van der Waals surface area contributed by atoms with E-state index in [9.17, 15) is 18.3 Å². The molecule has 0 aliphatic rings. The molecule has 0 amide bonds. The number of aromatic nitrogens is 2. The van der Waals surface area contributed by atoms with Gasteiger partial charge in [-0.1, -0.05) is 47.5 Å². The van der Waals surface area contributed by atoms with Crippen LogP contribution in [0.1, 0.15) is 11.3 Å². The van der Waals surface area contributed by atoms with E-state index < -0.39 is 17.8 Å². The number of anilines is 1. The Bertz CT molecular complexity index is 1430. The molecular weight excluding hydrogens is 518 g/mol. The van der Waals surface area contributed by atoms with Crippen molar-refractivity contribution in [2.45, 2.75) is 12.8 Å². The summed E-state index contributed by atoms with van der Waals surface area (Å²) in [5.74, 6) is -0.544. The molecule has 0 saturated heterocycles. The molecule has 0 aliphatic heterocycles. The predicted octanol–water partition coefficient (Wildman–Crippen LogP) is 7.01. The van der Waals surface area contributed by atoms with Gasteiger partial charge in [-0.05, 0) is 35.9 Å². The van der Waals surface area contributed by atoms with Gasteiger partial charge in [-0.2, -0.15) is 13.2 Å². The van der Waals surface area contributed by atoms with Crippen molar-refractivity contribution in [2.24, 2.45) is 0 Å². The Hall–Kier alpha value is -3.69. The van der Waals surface area contributed by atoms with Gasteiger partial charge in [0.1, 0.15) is 23.9 Å². The smallest absolute Gasteiger partial charge is 0.434 e. The zero-order valence-corrected chi connectivity index (χ0v) is 20.1. The zero-order chi connectivity index (χ0) is 26.0. The minimum Gasteiger partial charge on any atom is -0.507 e. The molecule has 0 fully saturated rings. The second-order valence-electron chi connectivity index (χ2n) is 7.57. The van der Waals surface area contributed by atoms with Crippen LogP contribution in [0.5, 0.6) is 17.2 Å². The highest BCUT2D eigenvalue weighted by Crippen LogP contribution is 2.46. The van der Waals surface area contributed by atoms with Gasteiger partial charge in [0.05, 0.1) is 22.8 Å². The van der Waals surface area contributed by atoms with E-state index in [0.717, 1.165) is 5.56 Å². The van der Waals surface area contributed by atoms with Gasteiger partial charge < -0.3 is 20.3 Å². The lowest BCUT2D eigenvalue weighted by Gasteiger charge is -2.19. The zero-order valence-electron chi connectivity index (χ0n) is 18.6. The fourth-order valence-corrected chi connectivity index (χ4v) is 3.90. The molecule has 0 atom stereocenters. The van der Waals surface area contributed by atoms with Crippen molar-refractivity contribution in [3.05, 3.63) is 82.0 Å². The molecule has 36 heavy (non-hydrogen) atoms. The van der Waals surface area contributed by atoms with Crippen LogP contribution in [0.25, 0.3) is 22.4 Å². The third-order valence-corrected chi connectivity index (χ3v) is 5.92. The van der Waals surface area contributed by atoms with Gasteiger partial charge in [0, 0.05) is 22.8 Å². The van der Waals surface area contributed by atoms with Gasteiger partial charge in [0.2, 0.25) is 5.95 Å². The molecular formula is C25H18Cl2F3N3O3. The van der Waals surface area contributed by atoms with Gasteiger partial charge in [0.15, 0.2) is 5.69 Å². The number of hydrogen-bond donors (Lipinski definition) is 2. The quantitative estimate of drug-likeness (QED) is 0.276. The fourth-order valence-electron chi connectivity index (χ4n) is 3.58. The summed E-state index contributed by atoms with van der Waals surface area (Å²) in [5.41, 5.74) is 4.60. The standard InChI is InChI=1S/C25H18Cl2F3N3O3/c1-35-20-5-3-2-4-16(20)21-22(32-24(31)33-23(21)25(28,29)30)15-8-7-14(11-19(15)34)36-12-13-6-9-17(26)18(27)10-13/h2-11,34H,12H2,1H3,(H2,31,32,33). The van der Waals surface area contributed by atoms with Crippen molar-refractivity contribution in [2.75, 3.05) is 12.8 Å². The Balaban J connectivity index is 1.79. The van der Waals surface area contributed by atoms with Crippen LogP contribution >= 0.6 is 23.2 Å². The van der Waals surface area contributed by atoms with Gasteiger partial charge in [0.25, 0.3) is 0 Å². The molecule has 1 aromatic heterocycles. The number of para-hydroxylation sites is 1. The van der Waals surface area contributed by atoms with Gasteiger partial charge >= 0.3 is 6.18 Å². The Labute approximate surface area is 214 Å². The lowest BCUT2D eigenvalue weighted by Crippen LogP contribution is -2.14. The Morgan fingerprint density at radius 3 is 2.36 bits per heavy atom. The average Bonchev–Trinajstić information content (AvgIpc) is 2.84. The summed E-state index contributed by atoms with van der Waals surface area (Å²) >= 11 is 11.9. The summed E-state index contributed by atoms with van der Waals surface area (Å²) in [4.78, 5) is 7.52. The topological polar surface area (TPSA) is 90.5 Å². The third kappa shape index (κ3) is 5.27. The van der Waals surface area contributed by atoms with Crippen LogP contribution in [0.4, 0.5) is 19.1 Å². The first kappa shape index (κ1) is 25.4. The van der Waals surface area contributed by atoms with E-state index in [0.29, 0.717) is 10.0 Å². The fraction of sp³-hybridized carbons (Fsp3) is 0.120. The maximum Gasteiger partial charge on any atom is 0.434 e. The second kappa shape index (κ2) is 10.1. The molecule has 1 heterocycles. The van der Waals surface area contributed by atoms with Crippen LogP contribution < -0.4 is 15.2 Å². The van der Waals surface area contributed by atoms with Crippen LogP contribution in [0.3, 0.4) is 0 Å². The third-order valence-electron chi connectivity index (χ3n) is 5.18. The molecule has 11 heteroatoms. The summed E-state index contributed by atoms with van der Waals surface area (Å²) in [5, 5.41) is 11.5. The number of ether oxygens (including phenoxy) is 2. The minimum absolute atomic E-state index is 0.00241. The van der Waals surface area contributed by atoms with Gasteiger partial charge in [-0.25, -0.2) is 9.97 Å². The van der Waals surface area contributed by atoms with E-state index in [2.05, 4.69) is 9.97 Å². The van der Waals surface area contributed by atoms with E-state index in [4.69, 9.17) is 38.4 Å². The first-order chi connectivity index (χ1) is 17.1.